The third kappa shape index (κ3) is 3.64. The van der Waals surface area contributed by atoms with E-state index in [1.54, 1.807) is 0 Å². The molecule has 15 heavy (non-hydrogen) atoms. The number of carbonyl (C=O) groups is 1. The van der Waals surface area contributed by atoms with Crippen LogP contribution in [0.1, 0.15) is 25.7 Å². The molecule has 1 aliphatic carbocycles. The van der Waals surface area contributed by atoms with Crippen molar-refractivity contribution in [2.45, 2.75) is 31.2 Å². The number of carbonyl (C=O) groups excluding carboxylic acids is 1. The number of amides is 1. The summed E-state index contributed by atoms with van der Waals surface area (Å²) >= 11 is 0. The SMILES string of the molecule is C=CCCOCCNC(=O)C1(N)CCC1. The molecule has 1 aliphatic rings. The molecular weight excluding hydrogens is 192 g/mol. The highest BCUT2D eigenvalue weighted by molar-refractivity contribution is 5.86. The van der Waals surface area contributed by atoms with Crippen molar-refractivity contribution in [2.24, 2.45) is 5.73 Å². The van der Waals surface area contributed by atoms with Crippen molar-refractivity contribution in [3.63, 3.8) is 0 Å². The highest BCUT2D eigenvalue weighted by Gasteiger charge is 2.39. The number of nitrogens with two attached hydrogens (primary N) is 1. The van der Waals surface area contributed by atoms with E-state index in [0.29, 0.717) is 19.8 Å². The van der Waals surface area contributed by atoms with Gasteiger partial charge >= 0.3 is 0 Å². The van der Waals surface area contributed by atoms with E-state index < -0.39 is 5.54 Å². The van der Waals surface area contributed by atoms with Gasteiger partial charge < -0.3 is 15.8 Å². The largest absolute Gasteiger partial charge is 0.379 e. The van der Waals surface area contributed by atoms with Crippen LogP contribution in [0.25, 0.3) is 0 Å². The minimum atomic E-state index is -0.596. The number of hydrogen-bond donors (Lipinski definition) is 2. The Labute approximate surface area is 90.9 Å². The van der Waals surface area contributed by atoms with Gasteiger partial charge in [0.15, 0.2) is 0 Å². The molecule has 0 bridgehead atoms. The predicted molar refractivity (Wildman–Crippen MR) is 59.4 cm³/mol. The zero-order valence-electron chi connectivity index (χ0n) is 9.13. The van der Waals surface area contributed by atoms with Crippen LogP contribution in [-0.2, 0) is 9.53 Å². The molecule has 0 spiro atoms. The quantitative estimate of drug-likeness (QED) is 0.479. The molecule has 0 heterocycles. The first-order valence-electron chi connectivity index (χ1n) is 5.45. The Hall–Kier alpha value is -0.870. The summed E-state index contributed by atoms with van der Waals surface area (Å²) in [5, 5.41) is 2.79. The maximum absolute atomic E-state index is 11.5. The molecular formula is C11H20N2O2. The predicted octanol–water partition coefficient (Wildman–Crippen LogP) is 0.577. The van der Waals surface area contributed by atoms with Crippen LogP contribution in [-0.4, -0.2) is 31.2 Å². The second-order valence-electron chi connectivity index (χ2n) is 3.96. The number of rotatable bonds is 7. The summed E-state index contributed by atoms with van der Waals surface area (Å²) in [6.45, 7) is 5.33. The molecule has 1 rings (SSSR count). The number of ether oxygens (including phenoxy) is 1. The first-order chi connectivity index (χ1) is 7.19. The van der Waals surface area contributed by atoms with Crippen molar-refractivity contribution in [3.8, 4) is 0 Å². The Bertz CT molecular complexity index is 225. The third-order valence-corrected chi connectivity index (χ3v) is 2.70. The average molecular weight is 212 g/mol. The molecule has 0 saturated heterocycles. The Morgan fingerprint density at radius 3 is 2.80 bits per heavy atom. The Morgan fingerprint density at radius 1 is 1.53 bits per heavy atom. The van der Waals surface area contributed by atoms with Gasteiger partial charge in [0.1, 0.15) is 0 Å². The van der Waals surface area contributed by atoms with Gasteiger partial charge in [0.25, 0.3) is 0 Å². The van der Waals surface area contributed by atoms with E-state index in [-0.39, 0.29) is 5.91 Å². The molecule has 0 aromatic heterocycles. The third-order valence-electron chi connectivity index (χ3n) is 2.70. The second-order valence-corrected chi connectivity index (χ2v) is 3.96. The zero-order chi connectivity index (χ0) is 11.1. The normalized spacial score (nSPS) is 17.9. The van der Waals surface area contributed by atoms with Gasteiger partial charge in [-0.2, -0.15) is 0 Å². The first kappa shape index (κ1) is 12.2. The summed E-state index contributed by atoms with van der Waals surface area (Å²) in [5.74, 6) is -0.0407. The van der Waals surface area contributed by atoms with Gasteiger partial charge in [0.05, 0.1) is 18.8 Å². The van der Waals surface area contributed by atoms with Crippen molar-refractivity contribution in [3.05, 3.63) is 12.7 Å². The van der Waals surface area contributed by atoms with Gasteiger partial charge in [-0.1, -0.05) is 6.08 Å². The Morgan fingerprint density at radius 2 is 2.27 bits per heavy atom. The Kier molecular flexibility index (Phi) is 4.78. The van der Waals surface area contributed by atoms with Crippen LogP contribution >= 0.6 is 0 Å². The Balaban J connectivity index is 2.00. The molecule has 4 heteroatoms. The van der Waals surface area contributed by atoms with Crippen molar-refractivity contribution < 1.29 is 9.53 Å². The molecule has 4 nitrogen and oxygen atoms in total. The minimum absolute atomic E-state index is 0.0407. The summed E-state index contributed by atoms with van der Waals surface area (Å²) in [6, 6.07) is 0. The highest BCUT2D eigenvalue weighted by Crippen LogP contribution is 2.28. The van der Waals surface area contributed by atoms with Crippen LogP contribution in [0.4, 0.5) is 0 Å². The molecule has 0 atom stereocenters. The van der Waals surface area contributed by atoms with E-state index in [4.69, 9.17) is 10.5 Å². The standard InChI is InChI=1S/C11H20N2O2/c1-2-3-8-15-9-7-13-10(14)11(12)5-4-6-11/h2H,1,3-9,12H2,(H,13,14). The molecule has 0 unspecified atom stereocenters. The summed E-state index contributed by atoms with van der Waals surface area (Å²) in [7, 11) is 0. The van der Waals surface area contributed by atoms with E-state index in [1.165, 1.54) is 0 Å². The van der Waals surface area contributed by atoms with E-state index >= 15 is 0 Å². The molecule has 3 N–H and O–H groups in total. The zero-order valence-corrected chi connectivity index (χ0v) is 9.13. The molecule has 1 saturated carbocycles. The molecule has 0 aliphatic heterocycles. The van der Waals surface area contributed by atoms with Crippen LogP contribution in [0.15, 0.2) is 12.7 Å². The van der Waals surface area contributed by atoms with Crippen LogP contribution in [0, 0.1) is 0 Å². The van der Waals surface area contributed by atoms with Gasteiger partial charge in [-0.25, -0.2) is 0 Å². The van der Waals surface area contributed by atoms with Crippen LogP contribution in [0.2, 0.25) is 0 Å². The summed E-state index contributed by atoms with van der Waals surface area (Å²) in [4.78, 5) is 11.5. The van der Waals surface area contributed by atoms with E-state index in [2.05, 4.69) is 11.9 Å². The molecule has 0 aromatic rings. The average Bonchev–Trinajstić information content (AvgIpc) is 2.19. The van der Waals surface area contributed by atoms with Crippen molar-refractivity contribution in [1.82, 2.24) is 5.32 Å². The monoisotopic (exact) mass is 212 g/mol. The van der Waals surface area contributed by atoms with Crippen LogP contribution in [0.5, 0.6) is 0 Å². The van der Waals surface area contributed by atoms with Gasteiger partial charge in [-0.05, 0) is 25.7 Å². The maximum Gasteiger partial charge on any atom is 0.240 e. The van der Waals surface area contributed by atoms with Crippen molar-refractivity contribution in [2.75, 3.05) is 19.8 Å². The van der Waals surface area contributed by atoms with Gasteiger partial charge in [0.2, 0.25) is 5.91 Å². The molecule has 86 valence electrons. The lowest BCUT2D eigenvalue weighted by Crippen LogP contribution is -2.58. The first-order valence-corrected chi connectivity index (χ1v) is 5.45. The lowest BCUT2D eigenvalue weighted by Gasteiger charge is -2.36. The van der Waals surface area contributed by atoms with Crippen molar-refractivity contribution in [1.29, 1.82) is 0 Å². The van der Waals surface area contributed by atoms with E-state index in [0.717, 1.165) is 25.7 Å². The molecule has 1 fully saturated rings. The maximum atomic E-state index is 11.5. The highest BCUT2D eigenvalue weighted by atomic mass is 16.5. The summed E-state index contributed by atoms with van der Waals surface area (Å²) in [5.41, 5.74) is 5.25. The van der Waals surface area contributed by atoms with E-state index in [1.807, 2.05) is 6.08 Å². The van der Waals surface area contributed by atoms with Gasteiger partial charge in [0, 0.05) is 6.54 Å². The summed E-state index contributed by atoms with van der Waals surface area (Å²) < 4.78 is 5.26. The smallest absolute Gasteiger partial charge is 0.240 e. The number of nitrogens with one attached hydrogen (secondary N) is 1. The fourth-order valence-electron chi connectivity index (χ4n) is 1.47. The fourth-order valence-corrected chi connectivity index (χ4v) is 1.47. The lowest BCUT2D eigenvalue weighted by atomic mass is 9.77. The topological polar surface area (TPSA) is 64.3 Å². The van der Waals surface area contributed by atoms with Gasteiger partial charge in [-0.15, -0.1) is 6.58 Å². The minimum Gasteiger partial charge on any atom is -0.379 e. The summed E-state index contributed by atoms with van der Waals surface area (Å²) in [6.07, 6.45) is 5.31. The second kappa shape index (κ2) is 5.88. The van der Waals surface area contributed by atoms with Crippen LogP contribution in [0.3, 0.4) is 0 Å². The molecule has 1 amide bonds. The van der Waals surface area contributed by atoms with Crippen LogP contribution < -0.4 is 11.1 Å². The van der Waals surface area contributed by atoms with Crippen molar-refractivity contribution >= 4 is 5.91 Å². The molecule has 0 radical (unpaired) electrons. The van der Waals surface area contributed by atoms with E-state index in [9.17, 15) is 4.79 Å². The fraction of sp³-hybridized carbons (Fsp3) is 0.727. The number of hydrogen-bond acceptors (Lipinski definition) is 3. The lowest BCUT2D eigenvalue weighted by molar-refractivity contribution is -0.129. The van der Waals surface area contributed by atoms with Gasteiger partial charge in [-0.3, -0.25) is 4.79 Å². The molecule has 0 aromatic carbocycles.